The third kappa shape index (κ3) is 5.34. The minimum Gasteiger partial charge on any atom is -0.409 e. The van der Waals surface area contributed by atoms with Gasteiger partial charge in [0, 0.05) is 13.0 Å². The van der Waals surface area contributed by atoms with E-state index in [1.807, 2.05) is 31.2 Å². The van der Waals surface area contributed by atoms with E-state index >= 15 is 0 Å². The third-order valence-corrected chi connectivity index (χ3v) is 2.55. The molecule has 0 fully saturated rings. The molecule has 0 aliphatic rings. The summed E-state index contributed by atoms with van der Waals surface area (Å²) < 4.78 is 0. The van der Waals surface area contributed by atoms with Crippen LogP contribution in [0, 0.1) is 6.92 Å². The molecule has 0 saturated heterocycles. The molecule has 1 amide bonds. The van der Waals surface area contributed by atoms with Crippen LogP contribution in [0.1, 0.15) is 24.0 Å². The van der Waals surface area contributed by atoms with E-state index < -0.39 is 0 Å². The molecule has 0 bridgehead atoms. The molecule has 5 nitrogen and oxygen atoms in total. The molecule has 98 valence electrons. The fourth-order valence-electron chi connectivity index (χ4n) is 1.50. The lowest BCUT2D eigenvalue weighted by molar-refractivity contribution is -0.120. The smallest absolute Gasteiger partial charge is 0.224 e. The van der Waals surface area contributed by atoms with Gasteiger partial charge in [-0.25, -0.2) is 0 Å². The topological polar surface area (TPSA) is 87.7 Å². The summed E-state index contributed by atoms with van der Waals surface area (Å²) in [7, 11) is 0. The van der Waals surface area contributed by atoms with Crippen LogP contribution < -0.4 is 11.1 Å². The number of hydrogen-bond acceptors (Lipinski definition) is 3. The molecule has 0 atom stereocenters. The molecule has 4 N–H and O–H groups in total. The Morgan fingerprint density at radius 1 is 1.39 bits per heavy atom. The highest BCUT2D eigenvalue weighted by Gasteiger charge is 2.02. The number of hydrogen-bond donors (Lipinski definition) is 3. The van der Waals surface area contributed by atoms with Crippen LogP contribution in [0.4, 0.5) is 0 Å². The number of aryl methyl sites for hydroxylation is 1. The molecule has 18 heavy (non-hydrogen) atoms. The first-order chi connectivity index (χ1) is 8.61. The summed E-state index contributed by atoms with van der Waals surface area (Å²) in [5, 5.41) is 14.0. The molecule has 1 aromatic rings. The van der Waals surface area contributed by atoms with Gasteiger partial charge < -0.3 is 16.3 Å². The van der Waals surface area contributed by atoms with Crippen LogP contribution in [-0.2, 0) is 11.2 Å². The predicted molar refractivity (Wildman–Crippen MR) is 70.5 cm³/mol. The van der Waals surface area contributed by atoms with Crippen molar-refractivity contribution in [3.8, 4) is 0 Å². The average Bonchev–Trinajstić information content (AvgIpc) is 2.37. The number of carbonyl (C=O) groups is 1. The maximum atomic E-state index is 11.6. The highest BCUT2D eigenvalue weighted by atomic mass is 16.4. The van der Waals surface area contributed by atoms with Crippen molar-refractivity contribution < 1.29 is 10.0 Å². The number of carbonyl (C=O) groups excluding carboxylic acids is 1. The number of nitrogens with zero attached hydrogens (tertiary/aromatic N) is 1. The standard InChI is InChI=1S/C13H19N3O2/c1-10-4-6-11(7-5-10)9-13(17)15-8-2-3-12(14)16-18/h4-7,18H,2-3,8-9H2,1H3,(H2,14,16)(H,15,17). The van der Waals surface area contributed by atoms with E-state index in [1.165, 1.54) is 5.56 Å². The molecule has 0 saturated carbocycles. The SMILES string of the molecule is Cc1ccc(CC(=O)NCCC/C(N)=N/O)cc1. The molecule has 0 unspecified atom stereocenters. The number of amidine groups is 1. The number of benzene rings is 1. The Balaban J connectivity index is 2.23. The van der Waals surface area contributed by atoms with Gasteiger partial charge in [0.05, 0.1) is 6.42 Å². The first-order valence-corrected chi connectivity index (χ1v) is 5.90. The van der Waals surface area contributed by atoms with Gasteiger partial charge in [-0.05, 0) is 18.9 Å². The summed E-state index contributed by atoms with van der Waals surface area (Å²) in [6, 6.07) is 7.87. The second-order valence-electron chi connectivity index (χ2n) is 4.21. The zero-order valence-electron chi connectivity index (χ0n) is 10.5. The average molecular weight is 249 g/mol. The first-order valence-electron chi connectivity index (χ1n) is 5.90. The molecule has 0 spiro atoms. The van der Waals surface area contributed by atoms with Gasteiger partial charge in [-0.3, -0.25) is 4.79 Å². The molecular formula is C13H19N3O2. The number of nitrogens with one attached hydrogen (secondary N) is 1. The van der Waals surface area contributed by atoms with E-state index in [9.17, 15) is 4.79 Å². The summed E-state index contributed by atoms with van der Waals surface area (Å²) in [5.74, 6) is 0.168. The third-order valence-electron chi connectivity index (χ3n) is 2.55. The van der Waals surface area contributed by atoms with Crippen molar-refractivity contribution in [2.75, 3.05) is 6.54 Å². The van der Waals surface area contributed by atoms with E-state index in [1.54, 1.807) is 0 Å². The van der Waals surface area contributed by atoms with E-state index in [-0.39, 0.29) is 11.7 Å². The zero-order valence-corrected chi connectivity index (χ0v) is 10.5. The first kappa shape index (κ1) is 14.0. The molecule has 0 aliphatic carbocycles. The zero-order chi connectivity index (χ0) is 13.4. The lowest BCUT2D eigenvalue weighted by atomic mass is 10.1. The number of oxime groups is 1. The summed E-state index contributed by atoms with van der Waals surface area (Å²) in [6.07, 6.45) is 1.51. The van der Waals surface area contributed by atoms with Crippen molar-refractivity contribution in [3.05, 3.63) is 35.4 Å². The predicted octanol–water partition coefficient (Wildman–Crippen LogP) is 1.18. The van der Waals surface area contributed by atoms with Gasteiger partial charge in [-0.15, -0.1) is 0 Å². The van der Waals surface area contributed by atoms with Crippen molar-refractivity contribution in [1.82, 2.24) is 5.32 Å². The van der Waals surface area contributed by atoms with Crippen molar-refractivity contribution in [2.24, 2.45) is 10.9 Å². The fourth-order valence-corrected chi connectivity index (χ4v) is 1.50. The van der Waals surface area contributed by atoms with Crippen molar-refractivity contribution >= 4 is 11.7 Å². The van der Waals surface area contributed by atoms with Gasteiger partial charge >= 0.3 is 0 Å². The van der Waals surface area contributed by atoms with Crippen molar-refractivity contribution in [1.29, 1.82) is 0 Å². The largest absolute Gasteiger partial charge is 0.409 e. The van der Waals surface area contributed by atoms with Crippen LogP contribution in [0.5, 0.6) is 0 Å². The van der Waals surface area contributed by atoms with Gasteiger partial charge in [-0.1, -0.05) is 35.0 Å². The minimum absolute atomic E-state index is 0.0154. The van der Waals surface area contributed by atoms with Crippen molar-refractivity contribution in [3.63, 3.8) is 0 Å². The lowest BCUT2D eigenvalue weighted by Crippen LogP contribution is -2.27. The Labute approximate surface area is 107 Å². The van der Waals surface area contributed by atoms with E-state index in [0.29, 0.717) is 25.8 Å². The molecule has 5 heteroatoms. The summed E-state index contributed by atoms with van der Waals surface area (Å²) >= 11 is 0. The molecule has 0 aliphatic heterocycles. The summed E-state index contributed by atoms with van der Waals surface area (Å²) in [5.41, 5.74) is 7.49. The van der Waals surface area contributed by atoms with Crippen LogP contribution in [0.15, 0.2) is 29.4 Å². The van der Waals surface area contributed by atoms with Gasteiger partial charge in [0.15, 0.2) is 0 Å². The Bertz CT molecular complexity index is 413. The highest BCUT2D eigenvalue weighted by Crippen LogP contribution is 2.03. The second kappa shape index (κ2) is 7.32. The van der Waals surface area contributed by atoms with Crippen LogP contribution in [0.25, 0.3) is 0 Å². The number of nitrogens with two attached hydrogens (primary N) is 1. The molecule has 0 heterocycles. The van der Waals surface area contributed by atoms with Gasteiger partial charge in [0.2, 0.25) is 5.91 Å². The minimum atomic E-state index is -0.0154. The Morgan fingerprint density at radius 2 is 2.06 bits per heavy atom. The molecule has 0 aromatic heterocycles. The molecular weight excluding hydrogens is 230 g/mol. The Kier molecular flexibility index (Phi) is 5.70. The van der Waals surface area contributed by atoms with E-state index in [2.05, 4.69) is 10.5 Å². The Hall–Kier alpha value is -2.04. The van der Waals surface area contributed by atoms with E-state index in [0.717, 1.165) is 5.56 Å². The van der Waals surface area contributed by atoms with Crippen molar-refractivity contribution in [2.45, 2.75) is 26.2 Å². The Morgan fingerprint density at radius 3 is 2.67 bits per heavy atom. The lowest BCUT2D eigenvalue weighted by Gasteiger charge is -2.05. The molecule has 1 aromatic carbocycles. The van der Waals surface area contributed by atoms with Crippen LogP contribution >= 0.6 is 0 Å². The van der Waals surface area contributed by atoms with Crippen LogP contribution in [0.2, 0.25) is 0 Å². The summed E-state index contributed by atoms with van der Waals surface area (Å²) in [6.45, 7) is 2.54. The van der Waals surface area contributed by atoms with Crippen LogP contribution in [-0.4, -0.2) is 23.5 Å². The summed E-state index contributed by atoms with van der Waals surface area (Å²) in [4.78, 5) is 11.6. The van der Waals surface area contributed by atoms with Gasteiger partial charge in [0.1, 0.15) is 5.84 Å². The van der Waals surface area contributed by atoms with E-state index in [4.69, 9.17) is 10.9 Å². The van der Waals surface area contributed by atoms with Gasteiger partial charge in [0.25, 0.3) is 0 Å². The normalized spacial score (nSPS) is 11.3. The molecule has 1 rings (SSSR count). The van der Waals surface area contributed by atoms with Gasteiger partial charge in [-0.2, -0.15) is 0 Å². The number of amides is 1. The fraction of sp³-hybridized carbons (Fsp3) is 0.385. The maximum Gasteiger partial charge on any atom is 0.224 e. The monoisotopic (exact) mass is 249 g/mol. The maximum absolute atomic E-state index is 11.6. The highest BCUT2D eigenvalue weighted by molar-refractivity contribution is 5.80. The van der Waals surface area contributed by atoms with Crippen LogP contribution in [0.3, 0.4) is 0 Å². The molecule has 0 radical (unpaired) electrons. The second-order valence-corrected chi connectivity index (χ2v) is 4.21. The number of rotatable bonds is 6. The quantitative estimate of drug-likeness (QED) is 0.232.